The summed E-state index contributed by atoms with van der Waals surface area (Å²) in [7, 11) is 0. The van der Waals surface area contributed by atoms with E-state index in [1.165, 1.54) is 6.07 Å². The Kier molecular flexibility index (Phi) is 5.23. The van der Waals surface area contributed by atoms with Crippen LogP contribution in [-0.2, 0) is 4.74 Å². The molecule has 0 saturated carbocycles. The highest BCUT2D eigenvalue weighted by Gasteiger charge is 2.33. The van der Waals surface area contributed by atoms with Gasteiger partial charge in [0.15, 0.2) is 0 Å². The van der Waals surface area contributed by atoms with Crippen LogP contribution in [-0.4, -0.2) is 12.3 Å². The van der Waals surface area contributed by atoms with E-state index in [1.54, 1.807) is 24.3 Å². The van der Waals surface area contributed by atoms with E-state index in [0.717, 1.165) is 24.6 Å². The summed E-state index contributed by atoms with van der Waals surface area (Å²) < 4.78 is 59.4. The molecule has 2 aromatic rings. The first-order valence-corrected chi connectivity index (χ1v) is 6.98. The lowest BCUT2D eigenvalue weighted by Gasteiger charge is -2.16. The summed E-state index contributed by atoms with van der Waals surface area (Å²) in [5.74, 6) is -1.51. The Morgan fingerprint density at radius 2 is 1.71 bits per heavy atom. The van der Waals surface area contributed by atoms with Crippen molar-refractivity contribution in [2.45, 2.75) is 26.3 Å². The molecule has 1 atom stereocenters. The minimum Gasteiger partial charge on any atom is -0.423 e. The van der Waals surface area contributed by atoms with Gasteiger partial charge in [0.25, 0.3) is 0 Å². The molecule has 2 aromatic carbocycles. The summed E-state index contributed by atoms with van der Waals surface area (Å²) in [4.78, 5) is 12.0. The van der Waals surface area contributed by atoms with Gasteiger partial charge in [-0.1, -0.05) is 23.8 Å². The molecule has 0 aromatic heterocycles. The normalized spacial score (nSPS) is 12.8. The fourth-order valence-corrected chi connectivity index (χ4v) is 2.02. The lowest BCUT2D eigenvalue weighted by molar-refractivity contribution is -0.342. The predicted octanol–water partition coefficient (Wildman–Crippen LogP) is 4.95. The predicted molar refractivity (Wildman–Crippen MR) is 78.1 cm³/mol. The molecule has 24 heavy (non-hydrogen) atoms. The average molecular weight is 342 g/mol. The van der Waals surface area contributed by atoms with Crippen molar-refractivity contribution in [1.29, 1.82) is 0 Å². The van der Waals surface area contributed by atoms with E-state index in [4.69, 9.17) is 4.74 Å². The van der Waals surface area contributed by atoms with E-state index >= 15 is 0 Å². The lowest BCUT2D eigenvalue weighted by atomic mass is 10.1. The van der Waals surface area contributed by atoms with E-state index in [1.807, 2.05) is 6.92 Å². The molecule has 0 amide bonds. The van der Waals surface area contributed by atoms with Crippen molar-refractivity contribution >= 4 is 5.97 Å². The van der Waals surface area contributed by atoms with Gasteiger partial charge in [0.1, 0.15) is 11.6 Å². The van der Waals surface area contributed by atoms with E-state index < -0.39 is 24.3 Å². The molecule has 1 unspecified atom stereocenters. The maximum absolute atomic E-state index is 14.0. The maximum atomic E-state index is 14.0. The van der Waals surface area contributed by atoms with Gasteiger partial charge in [0.05, 0.1) is 11.7 Å². The Morgan fingerprint density at radius 1 is 1.08 bits per heavy atom. The van der Waals surface area contributed by atoms with E-state index in [-0.39, 0.29) is 16.9 Å². The fourth-order valence-electron chi connectivity index (χ4n) is 2.02. The van der Waals surface area contributed by atoms with Gasteiger partial charge in [0, 0.05) is 5.56 Å². The summed E-state index contributed by atoms with van der Waals surface area (Å²) in [6.45, 7) is 2.93. The van der Waals surface area contributed by atoms with Crippen LogP contribution in [0.15, 0.2) is 42.5 Å². The molecule has 0 spiro atoms. The molecule has 0 radical (unpaired) electrons. The first-order valence-electron chi connectivity index (χ1n) is 6.98. The van der Waals surface area contributed by atoms with E-state index in [2.05, 4.69) is 4.74 Å². The molecule has 0 aliphatic rings. The number of esters is 1. The Bertz CT molecular complexity index is 724. The van der Waals surface area contributed by atoms with E-state index in [9.17, 15) is 22.4 Å². The monoisotopic (exact) mass is 342 g/mol. The smallest absolute Gasteiger partial charge is 0.423 e. The number of carbonyl (C=O) groups is 1. The number of ether oxygens (including phenoxy) is 2. The number of rotatable bonds is 4. The van der Waals surface area contributed by atoms with Crippen LogP contribution in [0.5, 0.6) is 5.75 Å². The third kappa shape index (κ3) is 4.79. The topological polar surface area (TPSA) is 35.5 Å². The molecule has 3 nitrogen and oxygen atoms in total. The highest BCUT2D eigenvalue weighted by atomic mass is 19.4. The Labute approximate surface area is 135 Å². The highest BCUT2D eigenvalue weighted by Crippen LogP contribution is 2.29. The average Bonchev–Trinajstić information content (AvgIpc) is 2.47. The van der Waals surface area contributed by atoms with Crippen molar-refractivity contribution in [3.8, 4) is 5.75 Å². The van der Waals surface area contributed by atoms with Crippen LogP contribution in [0.1, 0.15) is 34.5 Å². The number of benzene rings is 2. The van der Waals surface area contributed by atoms with Crippen LogP contribution < -0.4 is 4.74 Å². The van der Waals surface area contributed by atoms with Crippen molar-refractivity contribution < 1.29 is 31.8 Å². The molecular weight excluding hydrogens is 328 g/mol. The molecule has 2 rings (SSSR count). The minimum atomic E-state index is -4.88. The number of halogens is 4. The number of hydrogen-bond acceptors (Lipinski definition) is 3. The summed E-state index contributed by atoms with van der Waals surface area (Å²) in [6.07, 6.45) is -6.42. The molecule has 0 saturated heterocycles. The quantitative estimate of drug-likeness (QED) is 0.448. The standard InChI is InChI=1S/C17H14F4O3/c1-10-3-6-13(7-4-10)23-16(22)12-5-8-14(15(18)9-12)11(2)24-17(19,20)21/h3-9,11H,1-2H3. The first-order chi connectivity index (χ1) is 11.2. The van der Waals surface area contributed by atoms with Crippen molar-refractivity contribution in [3.63, 3.8) is 0 Å². The molecule has 0 aliphatic heterocycles. The maximum Gasteiger partial charge on any atom is 0.523 e. The van der Waals surface area contributed by atoms with Crippen molar-refractivity contribution in [2.24, 2.45) is 0 Å². The Balaban J connectivity index is 2.13. The van der Waals surface area contributed by atoms with Crippen LogP contribution in [0.3, 0.4) is 0 Å². The Morgan fingerprint density at radius 3 is 2.25 bits per heavy atom. The zero-order chi connectivity index (χ0) is 17.9. The molecule has 128 valence electrons. The molecule has 0 N–H and O–H groups in total. The van der Waals surface area contributed by atoms with Crippen LogP contribution in [0.2, 0.25) is 0 Å². The van der Waals surface area contributed by atoms with Crippen LogP contribution in [0.4, 0.5) is 17.6 Å². The van der Waals surface area contributed by atoms with Gasteiger partial charge >= 0.3 is 12.3 Å². The fraction of sp³-hybridized carbons (Fsp3) is 0.235. The van der Waals surface area contributed by atoms with Gasteiger partial charge in [-0.15, -0.1) is 13.2 Å². The highest BCUT2D eigenvalue weighted by molar-refractivity contribution is 5.91. The second-order valence-corrected chi connectivity index (χ2v) is 5.14. The molecule has 0 bridgehead atoms. The van der Waals surface area contributed by atoms with Crippen LogP contribution in [0.25, 0.3) is 0 Å². The SMILES string of the molecule is Cc1ccc(OC(=O)c2ccc(C(C)OC(F)(F)F)c(F)c2)cc1. The largest absolute Gasteiger partial charge is 0.523 e. The van der Waals surface area contributed by atoms with Crippen LogP contribution >= 0.6 is 0 Å². The third-order valence-electron chi connectivity index (χ3n) is 3.22. The van der Waals surface area contributed by atoms with Crippen molar-refractivity contribution in [1.82, 2.24) is 0 Å². The summed E-state index contributed by atoms with van der Waals surface area (Å²) in [6, 6.07) is 9.71. The first kappa shape index (κ1) is 17.9. The van der Waals surface area contributed by atoms with Gasteiger partial charge in [-0.2, -0.15) is 0 Å². The molecule has 0 aliphatic carbocycles. The third-order valence-corrected chi connectivity index (χ3v) is 3.22. The van der Waals surface area contributed by atoms with Crippen LogP contribution in [0, 0.1) is 12.7 Å². The van der Waals surface area contributed by atoms with Crippen molar-refractivity contribution in [2.75, 3.05) is 0 Å². The van der Waals surface area contributed by atoms with Gasteiger partial charge < -0.3 is 4.74 Å². The van der Waals surface area contributed by atoms with Gasteiger partial charge in [-0.05, 0) is 38.1 Å². The number of aryl methyl sites for hydroxylation is 1. The summed E-state index contributed by atoms with van der Waals surface area (Å²) in [5, 5.41) is 0. The molecule has 7 heteroatoms. The summed E-state index contributed by atoms with van der Waals surface area (Å²) in [5.41, 5.74) is 0.555. The Hall–Kier alpha value is -2.41. The van der Waals surface area contributed by atoms with Gasteiger partial charge in [-0.25, -0.2) is 9.18 Å². The summed E-state index contributed by atoms with van der Waals surface area (Å²) >= 11 is 0. The molecule has 0 heterocycles. The van der Waals surface area contributed by atoms with Gasteiger partial charge in [0.2, 0.25) is 0 Å². The number of carbonyl (C=O) groups excluding carboxylic acids is 1. The van der Waals surface area contributed by atoms with Crippen molar-refractivity contribution in [3.05, 3.63) is 65.0 Å². The second kappa shape index (κ2) is 7.00. The van der Waals surface area contributed by atoms with E-state index in [0.29, 0.717) is 0 Å². The second-order valence-electron chi connectivity index (χ2n) is 5.14. The number of hydrogen-bond donors (Lipinski definition) is 0. The zero-order valence-corrected chi connectivity index (χ0v) is 12.9. The molecule has 0 fully saturated rings. The lowest BCUT2D eigenvalue weighted by Crippen LogP contribution is -2.17. The minimum absolute atomic E-state index is 0.115. The van der Waals surface area contributed by atoms with Gasteiger partial charge in [-0.3, -0.25) is 4.74 Å². The molecular formula is C17H14F4O3. The number of alkyl halides is 3. The zero-order valence-electron chi connectivity index (χ0n) is 12.9.